The smallest absolute Gasteiger partial charge is 0.307 e. The molecule has 1 heterocycles. The van der Waals surface area contributed by atoms with Gasteiger partial charge >= 0.3 is 35.8 Å². The van der Waals surface area contributed by atoms with Gasteiger partial charge in [-0.1, -0.05) is 156 Å². The van der Waals surface area contributed by atoms with Crippen LogP contribution in [-0.2, 0) is 66.8 Å². The van der Waals surface area contributed by atoms with Gasteiger partial charge in [-0.15, -0.1) is 0 Å². The molecule has 2 unspecified atom stereocenters. The van der Waals surface area contributed by atoms with Crippen LogP contribution in [-0.4, -0.2) is 148 Å². The Morgan fingerprint density at radius 2 is 0.527 bits per heavy atom. The van der Waals surface area contributed by atoms with E-state index in [0.717, 1.165) is 103 Å². The number of nitrogens with zero attached hydrogens (tertiary/aromatic N) is 2. The molecule has 428 valence electrons. The molecule has 1 rings (SSSR count). The van der Waals surface area contributed by atoms with E-state index < -0.39 is 49.1 Å². The lowest BCUT2D eigenvalue weighted by Gasteiger charge is -2.29. The van der Waals surface area contributed by atoms with E-state index in [0.29, 0.717) is 26.4 Å². The number of hydrogen-bond donors (Lipinski definition) is 2. The maximum Gasteiger partial charge on any atom is 0.307 e. The second-order valence-corrected chi connectivity index (χ2v) is 19.6. The third kappa shape index (κ3) is 39.1. The molecule has 0 spiro atoms. The normalized spacial score (nSPS) is 14.4. The van der Waals surface area contributed by atoms with Crippen molar-refractivity contribution in [3.8, 4) is 0 Å². The molecular weight excluding hydrogens is 953 g/mol. The standard InChI is InChI=1S/C56H100N4O14/c1-5-9-13-17-21-25-41-69-49(61)29-35-59(36-30-50(62)70-42-26-22-18-14-10-6-2)39-33-53(65)73-45-47-55(67)58-48(56(68)57-47)46-74-54(66)34-40-60(37-31-51(63)71-43-27-23-19-15-11-7-3)38-32-52(64)72-44-28-24-20-16-12-8-4/h47-48H,5-46H2,1-4H3,(H,57,68)(H,58,67). The van der Waals surface area contributed by atoms with Crippen molar-refractivity contribution < 1.29 is 66.8 Å². The SMILES string of the molecule is CCCCCCCCOC(=O)CCN(CCC(=O)OCCCCCCCC)CCC(=O)OCC1NC(=O)C(COC(=O)CCN(CCC(=O)OCCCCCCCC)CCC(=O)OCCCCCCCC)NC1=O. The second kappa shape index (κ2) is 47.2. The average molecular weight is 1050 g/mol. The zero-order valence-electron chi connectivity index (χ0n) is 46.5. The molecule has 0 bridgehead atoms. The Morgan fingerprint density at radius 1 is 0.324 bits per heavy atom. The van der Waals surface area contributed by atoms with E-state index in [1.54, 1.807) is 9.80 Å². The fourth-order valence-corrected chi connectivity index (χ4v) is 8.14. The van der Waals surface area contributed by atoms with Crippen molar-refractivity contribution in [1.82, 2.24) is 20.4 Å². The highest BCUT2D eigenvalue weighted by molar-refractivity contribution is 5.97. The number of rotatable bonds is 50. The quantitative estimate of drug-likeness (QED) is 0.0331. The van der Waals surface area contributed by atoms with Crippen molar-refractivity contribution in [3.63, 3.8) is 0 Å². The Morgan fingerprint density at radius 3 is 0.757 bits per heavy atom. The van der Waals surface area contributed by atoms with E-state index in [9.17, 15) is 38.4 Å². The average Bonchev–Trinajstić information content (AvgIpc) is 3.38. The van der Waals surface area contributed by atoms with Crippen molar-refractivity contribution in [2.75, 3.05) is 78.9 Å². The van der Waals surface area contributed by atoms with Gasteiger partial charge in [0.05, 0.1) is 65.0 Å². The lowest BCUT2D eigenvalue weighted by atomic mass is 10.1. The number of piperazine rings is 1. The lowest BCUT2D eigenvalue weighted by molar-refractivity contribution is -0.152. The van der Waals surface area contributed by atoms with Crippen LogP contribution < -0.4 is 10.6 Å². The van der Waals surface area contributed by atoms with Gasteiger partial charge in [0, 0.05) is 39.3 Å². The topological polar surface area (TPSA) is 222 Å². The Balaban J connectivity index is 2.63. The highest BCUT2D eigenvalue weighted by Gasteiger charge is 2.35. The number of esters is 6. The number of carbonyl (C=O) groups excluding carboxylic acids is 8. The molecule has 2 atom stereocenters. The van der Waals surface area contributed by atoms with E-state index >= 15 is 0 Å². The van der Waals surface area contributed by atoms with E-state index in [4.69, 9.17) is 28.4 Å². The van der Waals surface area contributed by atoms with Crippen LogP contribution in [0, 0.1) is 0 Å². The summed E-state index contributed by atoms with van der Waals surface area (Å²) in [6, 6.07) is -2.36. The molecule has 0 aliphatic carbocycles. The van der Waals surface area contributed by atoms with Crippen molar-refractivity contribution in [1.29, 1.82) is 0 Å². The van der Waals surface area contributed by atoms with Gasteiger partial charge in [0.15, 0.2) is 0 Å². The minimum absolute atomic E-state index is 0.0791. The number of hydrogen-bond acceptors (Lipinski definition) is 16. The molecule has 1 aliphatic rings. The molecule has 0 aromatic carbocycles. The minimum Gasteiger partial charge on any atom is -0.466 e. The van der Waals surface area contributed by atoms with Crippen LogP contribution in [0.5, 0.6) is 0 Å². The molecule has 18 nitrogen and oxygen atoms in total. The van der Waals surface area contributed by atoms with Crippen LogP contribution in [0.15, 0.2) is 0 Å². The van der Waals surface area contributed by atoms with Gasteiger partial charge in [0.1, 0.15) is 25.3 Å². The summed E-state index contributed by atoms with van der Waals surface area (Å²) in [6.45, 7) is 10.5. The molecule has 18 heteroatoms. The number of ether oxygens (including phenoxy) is 6. The molecule has 1 saturated heterocycles. The van der Waals surface area contributed by atoms with Crippen molar-refractivity contribution in [3.05, 3.63) is 0 Å². The Bertz CT molecular complexity index is 1350. The number of unbranched alkanes of at least 4 members (excludes halogenated alkanes) is 20. The summed E-state index contributed by atoms with van der Waals surface area (Å²) < 4.78 is 32.4. The van der Waals surface area contributed by atoms with E-state index in [2.05, 4.69) is 38.3 Å². The third-order valence-corrected chi connectivity index (χ3v) is 12.9. The predicted octanol–water partition coefficient (Wildman–Crippen LogP) is 8.62. The Labute approximate surface area is 444 Å². The summed E-state index contributed by atoms with van der Waals surface area (Å²) in [7, 11) is 0. The fourth-order valence-electron chi connectivity index (χ4n) is 8.14. The van der Waals surface area contributed by atoms with Crippen molar-refractivity contribution in [2.24, 2.45) is 0 Å². The first kappa shape index (κ1) is 67.7. The molecule has 0 radical (unpaired) electrons. The van der Waals surface area contributed by atoms with Crippen LogP contribution in [0.3, 0.4) is 0 Å². The minimum atomic E-state index is -1.18. The molecule has 0 aromatic rings. The van der Waals surface area contributed by atoms with Gasteiger partial charge in [0.25, 0.3) is 0 Å². The van der Waals surface area contributed by atoms with E-state index in [-0.39, 0.29) is 102 Å². The van der Waals surface area contributed by atoms with Gasteiger partial charge < -0.3 is 48.9 Å². The van der Waals surface area contributed by atoms with Gasteiger partial charge in [-0.05, 0) is 25.7 Å². The first-order valence-corrected chi connectivity index (χ1v) is 28.9. The molecule has 74 heavy (non-hydrogen) atoms. The maximum absolute atomic E-state index is 13.0. The van der Waals surface area contributed by atoms with Crippen molar-refractivity contribution >= 4 is 47.6 Å². The summed E-state index contributed by atoms with van der Waals surface area (Å²) in [5, 5.41) is 5.06. The monoisotopic (exact) mass is 1050 g/mol. The number of nitrogens with one attached hydrogen (secondary N) is 2. The molecule has 2 amide bonds. The van der Waals surface area contributed by atoms with E-state index in [1.807, 2.05) is 0 Å². The summed E-state index contributed by atoms with van der Waals surface area (Å²) in [5.74, 6) is -3.97. The first-order valence-electron chi connectivity index (χ1n) is 28.9. The van der Waals surface area contributed by atoms with Crippen LogP contribution in [0.2, 0.25) is 0 Å². The van der Waals surface area contributed by atoms with Gasteiger partial charge in [0.2, 0.25) is 11.8 Å². The van der Waals surface area contributed by atoms with Crippen LogP contribution >= 0.6 is 0 Å². The van der Waals surface area contributed by atoms with Crippen LogP contribution in [0.25, 0.3) is 0 Å². The number of amides is 2. The first-order chi connectivity index (χ1) is 35.9. The third-order valence-electron chi connectivity index (χ3n) is 12.9. The highest BCUT2D eigenvalue weighted by Crippen LogP contribution is 2.11. The van der Waals surface area contributed by atoms with Crippen LogP contribution in [0.4, 0.5) is 0 Å². The molecule has 1 fully saturated rings. The second-order valence-electron chi connectivity index (χ2n) is 19.6. The van der Waals surface area contributed by atoms with Gasteiger partial charge in [-0.3, -0.25) is 38.4 Å². The zero-order valence-corrected chi connectivity index (χ0v) is 46.5. The Kier molecular flexibility index (Phi) is 43.1. The molecule has 0 aromatic heterocycles. The van der Waals surface area contributed by atoms with Crippen molar-refractivity contribution in [2.45, 2.75) is 232 Å². The van der Waals surface area contributed by atoms with Crippen LogP contribution in [0.1, 0.15) is 220 Å². The highest BCUT2D eigenvalue weighted by atomic mass is 16.6. The van der Waals surface area contributed by atoms with E-state index in [1.165, 1.54) is 51.4 Å². The Hall–Kier alpha value is -4.32. The summed E-state index contributed by atoms with van der Waals surface area (Å²) in [6.07, 6.45) is 25.8. The molecule has 1 aliphatic heterocycles. The largest absolute Gasteiger partial charge is 0.466 e. The number of carbonyl (C=O) groups is 8. The maximum atomic E-state index is 13.0. The zero-order chi connectivity index (χ0) is 54.3. The lowest BCUT2D eigenvalue weighted by Crippen LogP contribution is -2.64. The summed E-state index contributed by atoms with van der Waals surface area (Å²) in [5.41, 5.74) is 0. The van der Waals surface area contributed by atoms with Gasteiger partial charge in [-0.25, -0.2) is 0 Å². The molecular formula is C56H100N4O14. The fraction of sp³-hybridized carbons (Fsp3) is 0.857. The summed E-state index contributed by atoms with van der Waals surface area (Å²) in [4.78, 5) is 106. The summed E-state index contributed by atoms with van der Waals surface area (Å²) >= 11 is 0. The molecule has 0 saturated carbocycles. The predicted molar refractivity (Wildman–Crippen MR) is 284 cm³/mol. The molecule has 2 N–H and O–H groups in total. The van der Waals surface area contributed by atoms with Gasteiger partial charge in [-0.2, -0.15) is 0 Å².